The van der Waals surface area contributed by atoms with Gasteiger partial charge in [-0.05, 0) is 32.1 Å². The van der Waals surface area contributed by atoms with Gasteiger partial charge in [0.2, 0.25) is 10.0 Å². The van der Waals surface area contributed by atoms with Crippen molar-refractivity contribution < 1.29 is 13.2 Å². The summed E-state index contributed by atoms with van der Waals surface area (Å²) < 4.78 is 31.9. The molecule has 0 aromatic rings. The van der Waals surface area contributed by atoms with Crippen LogP contribution in [0.2, 0.25) is 0 Å². The zero-order chi connectivity index (χ0) is 14.6. The first-order valence-electron chi connectivity index (χ1n) is 6.65. The summed E-state index contributed by atoms with van der Waals surface area (Å²) in [6.07, 6.45) is 2.58. The topological polar surface area (TPSA) is 72.6 Å². The van der Waals surface area contributed by atoms with E-state index < -0.39 is 15.3 Å². The molecular weight excluding hydrogens is 284 g/mol. The zero-order valence-electron chi connectivity index (χ0n) is 11.8. The Balaban J connectivity index is 2.96. The van der Waals surface area contributed by atoms with E-state index in [1.807, 2.05) is 6.92 Å². The molecule has 2 atom stereocenters. The van der Waals surface area contributed by atoms with Crippen LogP contribution >= 0.6 is 12.2 Å². The van der Waals surface area contributed by atoms with Crippen LogP contribution < -0.4 is 5.73 Å². The third kappa shape index (κ3) is 4.11. The Bertz CT molecular complexity index is 407. The molecule has 5 nitrogen and oxygen atoms in total. The number of nitrogens with two attached hydrogens (primary N) is 1. The molecule has 0 heterocycles. The van der Waals surface area contributed by atoms with Crippen molar-refractivity contribution in [1.82, 2.24) is 4.31 Å². The van der Waals surface area contributed by atoms with Crippen molar-refractivity contribution in [3.63, 3.8) is 0 Å². The van der Waals surface area contributed by atoms with Gasteiger partial charge < -0.3 is 10.5 Å². The van der Waals surface area contributed by atoms with Crippen LogP contribution in [0.1, 0.15) is 33.1 Å². The fraction of sp³-hybridized carbons (Fsp3) is 0.917. The SMILES string of the molecule is CCC(C(N)=S)S(=O)(=O)N(CCOC)C(C)C1CC1. The summed E-state index contributed by atoms with van der Waals surface area (Å²) in [6.45, 7) is 4.48. The molecule has 1 fully saturated rings. The summed E-state index contributed by atoms with van der Waals surface area (Å²) in [5.74, 6) is 0.454. The minimum Gasteiger partial charge on any atom is -0.392 e. The van der Waals surface area contributed by atoms with Gasteiger partial charge in [0.1, 0.15) is 5.25 Å². The third-order valence-electron chi connectivity index (χ3n) is 3.65. The Labute approximate surface area is 121 Å². The molecule has 0 spiro atoms. The van der Waals surface area contributed by atoms with Crippen LogP contribution in [-0.4, -0.2) is 49.3 Å². The molecule has 0 bridgehead atoms. The first kappa shape index (κ1) is 16.8. The van der Waals surface area contributed by atoms with Crippen LogP contribution in [0.4, 0.5) is 0 Å². The van der Waals surface area contributed by atoms with Gasteiger partial charge in [0.15, 0.2) is 0 Å². The molecule has 7 heteroatoms. The molecule has 1 aliphatic carbocycles. The average Bonchev–Trinajstić information content (AvgIpc) is 3.12. The molecule has 2 N–H and O–H groups in total. The van der Waals surface area contributed by atoms with Gasteiger partial charge in [0.05, 0.1) is 11.6 Å². The summed E-state index contributed by atoms with van der Waals surface area (Å²) in [6, 6.07) is -0.0106. The molecule has 0 amide bonds. The second-order valence-corrected chi connectivity index (χ2v) is 7.57. The quantitative estimate of drug-likeness (QED) is 0.646. The van der Waals surface area contributed by atoms with Crippen LogP contribution in [-0.2, 0) is 14.8 Å². The maximum atomic E-state index is 12.7. The third-order valence-corrected chi connectivity index (χ3v) is 6.56. The predicted octanol–water partition coefficient (Wildman–Crippen LogP) is 1.13. The molecule has 2 unspecified atom stereocenters. The number of sulfonamides is 1. The second-order valence-electron chi connectivity index (χ2n) is 5.03. The van der Waals surface area contributed by atoms with Crippen LogP contribution in [0, 0.1) is 5.92 Å². The number of thiocarbonyl (C=S) groups is 1. The molecule has 1 saturated carbocycles. The smallest absolute Gasteiger partial charge is 0.223 e. The number of hydrogen-bond acceptors (Lipinski definition) is 4. The highest BCUT2D eigenvalue weighted by Gasteiger charge is 2.41. The lowest BCUT2D eigenvalue weighted by atomic mass is 10.2. The van der Waals surface area contributed by atoms with E-state index in [0.717, 1.165) is 12.8 Å². The first-order valence-corrected chi connectivity index (χ1v) is 8.56. The number of methoxy groups -OCH3 is 1. The van der Waals surface area contributed by atoms with Gasteiger partial charge in [0.25, 0.3) is 0 Å². The van der Waals surface area contributed by atoms with Crippen molar-refractivity contribution in [1.29, 1.82) is 0 Å². The summed E-state index contributed by atoms with van der Waals surface area (Å²) in [5, 5.41) is -0.777. The van der Waals surface area contributed by atoms with Crippen molar-refractivity contribution in [2.45, 2.75) is 44.4 Å². The lowest BCUT2D eigenvalue weighted by molar-refractivity contribution is 0.164. The van der Waals surface area contributed by atoms with Gasteiger partial charge in [-0.1, -0.05) is 19.1 Å². The lowest BCUT2D eigenvalue weighted by Crippen LogP contribution is -2.49. The normalized spacial score (nSPS) is 19.4. The Kier molecular flexibility index (Phi) is 6.16. The Morgan fingerprint density at radius 1 is 1.53 bits per heavy atom. The average molecular weight is 308 g/mol. The summed E-state index contributed by atoms with van der Waals surface area (Å²) >= 11 is 4.90. The lowest BCUT2D eigenvalue weighted by Gasteiger charge is -2.31. The minimum absolute atomic E-state index is 0.0106. The molecule has 1 aliphatic rings. The molecule has 0 aliphatic heterocycles. The van der Waals surface area contributed by atoms with E-state index in [1.54, 1.807) is 14.0 Å². The second kappa shape index (κ2) is 6.97. The fourth-order valence-corrected chi connectivity index (χ4v) is 4.82. The number of rotatable bonds is 9. The van der Waals surface area contributed by atoms with E-state index in [-0.39, 0.29) is 11.0 Å². The van der Waals surface area contributed by atoms with E-state index in [1.165, 1.54) is 4.31 Å². The van der Waals surface area contributed by atoms with Gasteiger partial charge >= 0.3 is 0 Å². The van der Waals surface area contributed by atoms with E-state index in [0.29, 0.717) is 25.5 Å². The van der Waals surface area contributed by atoms with E-state index in [9.17, 15) is 8.42 Å². The van der Waals surface area contributed by atoms with Crippen LogP contribution in [0.3, 0.4) is 0 Å². The summed E-state index contributed by atoms with van der Waals surface area (Å²) in [7, 11) is -1.93. The number of ether oxygens (including phenoxy) is 1. The molecule has 112 valence electrons. The van der Waals surface area contributed by atoms with Gasteiger partial charge in [-0.3, -0.25) is 0 Å². The zero-order valence-corrected chi connectivity index (χ0v) is 13.5. The molecule has 0 aromatic carbocycles. The molecule has 0 saturated heterocycles. The van der Waals surface area contributed by atoms with Gasteiger partial charge in [-0.25, -0.2) is 8.42 Å². The highest BCUT2D eigenvalue weighted by molar-refractivity contribution is 7.92. The largest absolute Gasteiger partial charge is 0.392 e. The van der Waals surface area contributed by atoms with Crippen molar-refractivity contribution in [3.8, 4) is 0 Å². The molecule has 19 heavy (non-hydrogen) atoms. The maximum Gasteiger partial charge on any atom is 0.223 e. The van der Waals surface area contributed by atoms with E-state index in [4.69, 9.17) is 22.7 Å². The van der Waals surface area contributed by atoms with Crippen LogP contribution in [0.15, 0.2) is 0 Å². The Hall–Kier alpha value is -0.240. The summed E-state index contributed by atoms with van der Waals surface area (Å²) in [4.78, 5) is 0.0490. The van der Waals surface area contributed by atoms with Gasteiger partial charge in [-0.15, -0.1) is 0 Å². The van der Waals surface area contributed by atoms with E-state index in [2.05, 4.69) is 0 Å². The van der Waals surface area contributed by atoms with Crippen LogP contribution in [0.25, 0.3) is 0 Å². The van der Waals surface area contributed by atoms with E-state index >= 15 is 0 Å². The molecule has 0 radical (unpaired) electrons. The van der Waals surface area contributed by atoms with Crippen LogP contribution in [0.5, 0.6) is 0 Å². The summed E-state index contributed by atoms with van der Waals surface area (Å²) in [5.41, 5.74) is 5.59. The van der Waals surface area contributed by atoms with Gasteiger partial charge in [-0.2, -0.15) is 4.31 Å². The Morgan fingerprint density at radius 3 is 2.47 bits per heavy atom. The molecular formula is C12H24N2O3S2. The van der Waals surface area contributed by atoms with Crippen molar-refractivity contribution in [2.24, 2.45) is 11.7 Å². The predicted molar refractivity (Wildman–Crippen MR) is 80.6 cm³/mol. The Morgan fingerprint density at radius 2 is 2.11 bits per heavy atom. The first-order chi connectivity index (χ1) is 8.86. The number of nitrogens with zero attached hydrogens (tertiary/aromatic N) is 1. The fourth-order valence-electron chi connectivity index (χ4n) is 2.28. The highest BCUT2D eigenvalue weighted by atomic mass is 32.2. The van der Waals surface area contributed by atoms with Crippen molar-refractivity contribution in [3.05, 3.63) is 0 Å². The highest BCUT2D eigenvalue weighted by Crippen LogP contribution is 2.36. The minimum atomic E-state index is -3.50. The standard InChI is InChI=1S/C12H24N2O3S2/c1-4-11(12(13)18)19(15,16)14(7-8-17-3)9(2)10-5-6-10/h9-11H,4-8H2,1-3H3,(H2,13,18). The molecule has 1 rings (SSSR count). The molecule has 0 aromatic heterocycles. The van der Waals surface area contributed by atoms with Crippen molar-refractivity contribution in [2.75, 3.05) is 20.3 Å². The number of hydrogen-bond donors (Lipinski definition) is 1. The maximum absolute atomic E-state index is 12.7. The van der Waals surface area contributed by atoms with Gasteiger partial charge in [0, 0.05) is 19.7 Å². The van der Waals surface area contributed by atoms with Crippen molar-refractivity contribution >= 4 is 27.2 Å². The monoisotopic (exact) mass is 308 g/mol.